The zero-order chi connectivity index (χ0) is 9.97. The van der Waals surface area contributed by atoms with Crippen LogP contribution < -0.4 is 0 Å². The van der Waals surface area contributed by atoms with Gasteiger partial charge in [0.25, 0.3) is 0 Å². The topological polar surface area (TPSA) is 26.0 Å². The number of oxazole rings is 1. The van der Waals surface area contributed by atoms with Crippen molar-refractivity contribution in [2.24, 2.45) is 0 Å². The van der Waals surface area contributed by atoms with Crippen molar-refractivity contribution >= 4 is 22.9 Å². The Balaban J connectivity index is 2.38. The number of aryl methyl sites for hydroxylation is 1. The van der Waals surface area contributed by atoms with Crippen LogP contribution in [0.15, 0.2) is 22.1 Å². The average Bonchev–Trinajstić information content (AvgIpc) is 2.85. The SMILES string of the molecule is CCc1ccsc1-c1cnc(CCl)o1. The molecule has 2 heterocycles. The van der Waals surface area contributed by atoms with E-state index in [0.29, 0.717) is 11.8 Å². The fourth-order valence-electron chi connectivity index (χ4n) is 1.31. The van der Waals surface area contributed by atoms with Crippen LogP contribution in [-0.4, -0.2) is 4.98 Å². The highest BCUT2D eigenvalue weighted by atomic mass is 35.5. The van der Waals surface area contributed by atoms with Gasteiger partial charge >= 0.3 is 0 Å². The second-order valence-corrected chi connectivity index (χ2v) is 4.06. The lowest BCUT2D eigenvalue weighted by atomic mass is 10.2. The van der Waals surface area contributed by atoms with Gasteiger partial charge in [-0.2, -0.15) is 0 Å². The molecule has 0 aromatic carbocycles. The van der Waals surface area contributed by atoms with Crippen LogP contribution in [0.3, 0.4) is 0 Å². The Bertz CT molecular complexity index is 421. The van der Waals surface area contributed by atoms with Gasteiger partial charge < -0.3 is 4.42 Å². The molecule has 0 aliphatic heterocycles. The van der Waals surface area contributed by atoms with E-state index < -0.39 is 0 Å². The average molecular weight is 228 g/mol. The fourth-order valence-corrected chi connectivity index (χ4v) is 2.37. The van der Waals surface area contributed by atoms with Crippen molar-refractivity contribution in [1.29, 1.82) is 0 Å². The number of halogens is 1. The summed E-state index contributed by atoms with van der Waals surface area (Å²) in [6.07, 6.45) is 2.75. The van der Waals surface area contributed by atoms with Crippen LogP contribution in [-0.2, 0) is 12.3 Å². The highest BCUT2D eigenvalue weighted by molar-refractivity contribution is 7.13. The summed E-state index contributed by atoms with van der Waals surface area (Å²) < 4.78 is 5.49. The van der Waals surface area contributed by atoms with Crippen LogP contribution in [0, 0.1) is 0 Å². The Kier molecular flexibility index (Phi) is 2.89. The van der Waals surface area contributed by atoms with Crippen LogP contribution in [0.5, 0.6) is 0 Å². The Hall–Kier alpha value is -0.800. The number of alkyl halides is 1. The van der Waals surface area contributed by atoms with Crippen molar-refractivity contribution in [1.82, 2.24) is 4.98 Å². The first-order chi connectivity index (χ1) is 6.85. The molecular formula is C10H10ClNOS. The molecule has 0 amide bonds. The smallest absolute Gasteiger partial charge is 0.209 e. The first kappa shape index (κ1) is 9.74. The molecule has 0 radical (unpaired) electrons. The molecule has 0 bridgehead atoms. The van der Waals surface area contributed by atoms with E-state index in [2.05, 4.69) is 23.4 Å². The molecule has 0 aliphatic rings. The van der Waals surface area contributed by atoms with E-state index in [0.717, 1.165) is 17.1 Å². The summed E-state index contributed by atoms with van der Waals surface area (Å²) in [7, 11) is 0. The number of aromatic nitrogens is 1. The molecule has 4 heteroatoms. The number of hydrogen-bond acceptors (Lipinski definition) is 3. The van der Waals surface area contributed by atoms with E-state index in [9.17, 15) is 0 Å². The van der Waals surface area contributed by atoms with Crippen molar-refractivity contribution in [3.05, 3.63) is 29.1 Å². The lowest BCUT2D eigenvalue weighted by Gasteiger charge is -1.95. The van der Waals surface area contributed by atoms with Crippen molar-refractivity contribution in [3.8, 4) is 10.6 Å². The molecule has 0 unspecified atom stereocenters. The van der Waals surface area contributed by atoms with E-state index in [1.54, 1.807) is 17.5 Å². The van der Waals surface area contributed by atoms with E-state index in [-0.39, 0.29) is 0 Å². The quantitative estimate of drug-likeness (QED) is 0.748. The molecule has 2 rings (SSSR count). The van der Waals surface area contributed by atoms with Crippen LogP contribution in [0.25, 0.3) is 10.6 Å². The molecule has 0 saturated heterocycles. The summed E-state index contributed by atoms with van der Waals surface area (Å²) in [6.45, 7) is 2.13. The largest absolute Gasteiger partial charge is 0.439 e. The van der Waals surface area contributed by atoms with Crippen LogP contribution in [0.1, 0.15) is 18.4 Å². The number of hydrogen-bond donors (Lipinski definition) is 0. The summed E-state index contributed by atoms with van der Waals surface area (Å²) in [5.41, 5.74) is 1.30. The Morgan fingerprint density at radius 2 is 2.43 bits per heavy atom. The van der Waals surface area contributed by atoms with Crippen molar-refractivity contribution in [2.75, 3.05) is 0 Å². The molecule has 0 saturated carbocycles. The molecule has 14 heavy (non-hydrogen) atoms. The van der Waals surface area contributed by atoms with Crippen molar-refractivity contribution in [3.63, 3.8) is 0 Å². The molecule has 2 aromatic heterocycles. The Morgan fingerprint density at radius 3 is 3.07 bits per heavy atom. The van der Waals surface area contributed by atoms with E-state index in [4.69, 9.17) is 16.0 Å². The minimum atomic E-state index is 0.326. The molecule has 2 nitrogen and oxygen atoms in total. The predicted molar refractivity (Wildman–Crippen MR) is 58.8 cm³/mol. The molecule has 0 atom stereocenters. The predicted octanol–water partition coefficient (Wildman–Crippen LogP) is 3.70. The summed E-state index contributed by atoms with van der Waals surface area (Å²) in [4.78, 5) is 5.24. The van der Waals surface area contributed by atoms with Gasteiger partial charge in [-0.25, -0.2) is 4.98 Å². The van der Waals surface area contributed by atoms with Gasteiger partial charge in [0.1, 0.15) is 0 Å². The number of rotatable bonds is 3. The van der Waals surface area contributed by atoms with Gasteiger partial charge in [0, 0.05) is 0 Å². The molecule has 0 aliphatic carbocycles. The van der Waals surface area contributed by atoms with Gasteiger partial charge in [-0.15, -0.1) is 22.9 Å². The van der Waals surface area contributed by atoms with E-state index in [1.165, 1.54) is 5.56 Å². The van der Waals surface area contributed by atoms with Crippen molar-refractivity contribution < 1.29 is 4.42 Å². The Labute approximate surface area is 91.5 Å². The highest BCUT2D eigenvalue weighted by Crippen LogP contribution is 2.30. The summed E-state index contributed by atoms with van der Waals surface area (Å²) in [5.74, 6) is 1.73. The van der Waals surface area contributed by atoms with Crippen LogP contribution >= 0.6 is 22.9 Å². The molecule has 0 N–H and O–H groups in total. The van der Waals surface area contributed by atoms with Gasteiger partial charge in [-0.3, -0.25) is 0 Å². The van der Waals surface area contributed by atoms with Gasteiger partial charge in [0.2, 0.25) is 5.89 Å². The maximum absolute atomic E-state index is 5.62. The first-order valence-electron chi connectivity index (χ1n) is 4.42. The molecule has 2 aromatic rings. The highest BCUT2D eigenvalue weighted by Gasteiger charge is 2.10. The minimum Gasteiger partial charge on any atom is -0.439 e. The normalized spacial score (nSPS) is 10.7. The lowest BCUT2D eigenvalue weighted by Crippen LogP contribution is -1.77. The van der Waals surface area contributed by atoms with Crippen LogP contribution in [0.4, 0.5) is 0 Å². The van der Waals surface area contributed by atoms with Crippen LogP contribution in [0.2, 0.25) is 0 Å². The van der Waals surface area contributed by atoms with Gasteiger partial charge in [0.15, 0.2) is 5.76 Å². The lowest BCUT2D eigenvalue weighted by molar-refractivity contribution is 0.529. The zero-order valence-electron chi connectivity index (χ0n) is 7.79. The first-order valence-corrected chi connectivity index (χ1v) is 5.84. The number of nitrogens with zero attached hydrogens (tertiary/aromatic N) is 1. The molecule has 74 valence electrons. The van der Waals surface area contributed by atoms with E-state index >= 15 is 0 Å². The second-order valence-electron chi connectivity index (χ2n) is 2.88. The zero-order valence-corrected chi connectivity index (χ0v) is 9.36. The Morgan fingerprint density at radius 1 is 1.57 bits per heavy atom. The second kappa shape index (κ2) is 4.15. The third kappa shape index (κ3) is 1.70. The maximum atomic E-state index is 5.62. The molecule has 0 spiro atoms. The third-order valence-electron chi connectivity index (χ3n) is 2.02. The third-order valence-corrected chi connectivity index (χ3v) is 3.22. The maximum Gasteiger partial charge on any atom is 0.209 e. The fraction of sp³-hybridized carbons (Fsp3) is 0.300. The van der Waals surface area contributed by atoms with Gasteiger partial charge in [-0.05, 0) is 23.4 Å². The number of thiophene rings is 1. The summed E-state index contributed by atoms with van der Waals surface area (Å²) >= 11 is 7.30. The van der Waals surface area contributed by atoms with Crippen molar-refractivity contribution in [2.45, 2.75) is 19.2 Å². The van der Waals surface area contributed by atoms with Gasteiger partial charge in [0.05, 0.1) is 17.0 Å². The monoisotopic (exact) mass is 227 g/mol. The molecule has 0 fully saturated rings. The molecular weight excluding hydrogens is 218 g/mol. The summed E-state index contributed by atoms with van der Waals surface area (Å²) in [6, 6.07) is 2.11. The van der Waals surface area contributed by atoms with E-state index in [1.807, 2.05) is 0 Å². The van der Waals surface area contributed by atoms with Gasteiger partial charge in [-0.1, -0.05) is 6.92 Å². The minimum absolute atomic E-state index is 0.326. The standard InChI is InChI=1S/C10H10ClNOS/c1-2-7-3-4-14-10(7)8-6-12-9(5-11)13-8/h3-4,6H,2,5H2,1H3. The summed E-state index contributed by atoms with van der Waals surface area (Å²) in [5, 5.41) is 2.07.